The number of rotatable bonds is 1. The SMILES string of the molecule is CCN1CCC(=O)C12CCCN(C(=O)OC(C)(C)C)C2. The van der Waals surface area contributed by atoms with Crippen LogP contribution in [-0.4, -0.2) is 59.0 Å². The van der Waals surface area contributed by atoms with Crippen LogP contribution in [0.4, 0.5) is 4.79 Å². The minimum Gasteiger partial charge on any atom is -0.444 e. The van der Waals surface area contributed by atoms with Crippen LogP contribution in [-0.2, 0) is 9.53 Å². The average Bonchev–Trinajstić information content (AvgIpc) is 2.64. The average molecular weight is 282 g/mol. The highest BCUT2D eigenvalue weighted by molar-refractivity contribution is 5.91. The molecule has 1 atom stereocenters. The lowest BCUT2D eigenvalue weighted by molar-refractivity contribution is -0.127. The molecule has 0 bridgehead atoms. The molecule has 2 heterocycles. The van der Waals surface area contributed by atoms with Gasteiger partial charge in [-0.3, -0.25) is 9.69 Å². The Morgan fingerprint density at radius 1 is 1.35 bits per heavy atom. The van der Waals surface area contributed by atoms with Gasteiger partial charge in [0.15, 0.2) is 5.78 Å². The predicted molar refractivity (Wildman–Crippen MR) is 76.6 cm³/mol. The van der Waals surface area contributed by atoms with E-state index in [4.69, 9.17) is 4.74 Å². The van der Waals surface area contributed by atoms with Gasteiger partial charge in [0.2, 0.25) is 0 Å². The van der Waals surface area contributed by atoms with E-state index in [2.05, 4.69) is 11.8 Å². The molecule has 0 radical (unpaired) electrons. The van der Waals surface area contributed by atoms with Gasteiger partial charge in [0.1, 0.15) is 5.60 Å². The Hall–Kier alpha value is -1.10. The lowest BCUT2D eigenvalue weighted by Gasteiger charge is -2.44. The first-order chi connectivity index (χ1) is 9.28. The van der Waals surface area contributed by atoms with Crippen LogP contribution >= 0.6 is 0 Å². The van der Waals surface area contributed by atoms with Crippen LogP contribution < -0.4 is 0 Å². The number of hydrogen-bond donors (Lipinski definition) is 0. The molecule has 20 heavy (non-hydrogen) atoms. The Bertz CT molecular complexity index is 402. The summed E-state index contributed by atoms with van der Waals surface area (Å²) in [5.41, 5.74) is -0.949. The molecule has 2 aliphatic heterocycles. The second-order valence-corrected chi connectivity index (χ2v) is 6.79. The van der Waals surface area contributed by atoms with Gasteiger partial charge < -0.3 is 9.64 Å². The van der Waals surface area contributed by atoms with Crippen molar-refractivity contribution in [3.63, 3.8) is 0 Å². The largest absolute Gasteiger partial charge is 0.444 e. The van der Waals surface area contributed by atoms with E-state index < -0.39 is 11.1 Å². The Kier molecular flexibility index (Phi) is 4.09. The van der Waals surface area contributed by atoms with Gasteiger partial charge in [0.25, 0.3) is 0 Å². The number of likely N-dealkylation sites (N-methyl/N-ethyl adjacent to an activating group) is 1. The molecule has 1 spiro atoms. The lowest BCUT2D eigenvalue weighted by Crippen LogP contribution is -2.60. The summed E-state index contributed by atoms with van der Waals surface area (Å²) in [5, 5.41) is 0. The zero-order chi connectivity index (χ0) is 15.0. The van der Waals surface area contributed by atoms with Crippen molar-refractivity contribution in [2.24, 2.45) is 0 Å². The van der Waals surface area contributed by atoms with Crippen LogP contribution in [0.2, 0.25) is 0 Å². The smallest absolute Gasteiger partial charge is 0.410 e. The summed E-state index contributed by atoms with van der Waals surface area (Å²) in [4.78, 5) is 28.5. The van der Waals surface area contributed by atoms with Crippen LogP contribution in [0.25, 0.3) is 0 Å². The quantitative estimate of drug-likeness (QED) is 0.738. The number of Topliss-reactive ketones (excluding diaryl/α,β-unsaturated/α-hetero) is 1. The third kappa shape index (κ3) is 2.82. The highest BCUT2D eigenvalue weighted by atomic mass is 16.6. The second kappa shape index (κ2) is 5.35. The lowest BCUT2D eigenvalue weighted by atomic mass is 9.85. The van der Waals surface area contributed by atoms with E-state index in [1.807, 2.05) is 20.8 Å². The highest BCUT2D eigenvalue weighted by Crippen LogP contribution is 2.34. The number of likely N-dealkylation sites (tertiary alicyclic amines) is 2. The third-order valence-corrected chi connectivity index (χ3v) is 4.24. The van der Waals surface area contributed by atoms with Crippen molar-refractivity contribution in [3.05, 3.63) is 0 Å². The topological polar surface area (TPSA) is 49.9 Å². The van der Waals surface area contributed by atoms with E-state index in [0.29, 0.717) is 19.5 Å². The molecule has 0 saturated carbocycles. The fourth-order valence-corrected chi connectivity index (χ4v) is 3.32. The number of carbonyl (C=O) groups is 2. The summed E-state index contributed by atoms with van der Waals surface area (Å²) in [6, 6.07) is 0. The Morgan fingerprint density at radius 3 is 2.65 bits per heavy atom. The van der Waals surface area contributed by atoms with Gasteiger partial charge in [-0.15, -0.1) is 0 Å². The minimum absolute atomic E-state index is 0.285. The molecule has 0 aromatic heterocycles. The van der Waals surface area contributed by atoms with Gasteiger partial charge in [-0.05, 0) is 40.2 Å². The van der Waals surface area contributed by atoms with E-state index >= 15 is 0 Å². The number of carbonyl (C=O) groups excluding carboxylic acids is 2. The molecule has 114 valence electrons. The van der Waals surface area contributed by atoms with Crippen LogP contribution in [0.1, 0.15) is 47.0 Å². The zero-order valence-corrected chi connectivity index (χ0v) is 13.1. The molecule has 2 fully saturated rings. The van der Waals surface area contributed by atoms with Crippen LogP contribution in [0.5, 0.6) is 0 Å². The van der Waals surface area contributed by atoms with Crippen molar-refractivity contribution < 1.29 is 14.3 Å². The summed E-state index contributed by atoms with van der Waals surface area (Å²) < 4.78 is 5.44. The van der Waals surface area contributed by atoms with Gasteiger partial charge in [0, 0.05) is 26.1 Å². The molecule has 5 nitrogen and oxygen atoms in total. The molecule has 2 aliphatic rings. The first kappa shape index (κ1) is 15.3. The minimum atomic E-state index is -0.494. The first-order valence-corrected chi connectivity index (χ1v) is 7.55. The fourth-order valence-electron chi connectivity index (χ4n) is 3.32. The van der Waals surface area contributed by atoms with Crippen molar-refractivity contribution in [2.75, 3.05) is 26.2 Å². The monoisotopic (exact) mass is 282 g/mol. The van der Waals surface area contributed by atoms with E-state index in [1.54, 1.807) is 4.90 Å². The van der Waals surface area contributed by atoms with Crippen LogP contribution in [0, 0.1) is 0 Å². The molecule has 0 aromatic rings. The number of ketones is 1. The number of ether oxygens (including phenoxy) is 1. The summed E-state index contributed by atoms with van der Waals surface area (Å²) in [7, 11) is 0. The predicted octanol–water partition coefficient (Wildman–Crippen LogP) is 2.05. The summed E-state index contributed by atoms with van der Waals surface area (Å²) in [5.74, 6) is 0.285. The molecular formula is C15H26N2O3. The van der Waals surface area contributed by atoms with E-state index in [1.165, 1.54) is 0 Å². The number of nitrogens with zero attached hydrogens (tertiary/aromatic N) is 2. The number of hydrogen-bond acceptors (Lipinski definition) is 4. The standard InChI is InChI=1S/C15H26N2O3/c1-5-17-10-7-12(18)15(17)8-6-9-16(11-15)13(19)20-14(2,3)4/h5-11H2,1-4H3. The summed E-state index contributed by atoms with van der Waals surface area (Å²) in [6.07, 6.45) is 2.03. The van der Waals surface area contributed by atoms with Gasteiger partial charge in [-0.2, -0.15) is 0 Å². The van der Waals surface area contributed by atoms with E-state index in [0.717, 1.165) is 25.9 Å². The zero-order valence-electron chi connectivity index (χ0n) is 13.1. The Morgan fingerprint density at radius 2 is 2.05 bits per heavy atom. The van der Waals surface area contributed by atoms with E-state index in [-0.39, 0.29) is 11.9 Å². The van der Waals surface area contributed by atoms with Crippen LogP contribution in [0.3, 0.4) is 0 Å². The Labute approximate surface area is 121 Å². The van der Waals surface area contributed by atoms with Crippen molar-refractivity contribution >= 4 is 11.9 Å². The van der Waals surface area contributed by atoms with E-state index in [9.17, 15) is 9.59 Å². The highest BCUT2D eigenvalue weighted by Gasteiger charge is 2.50. The molecule has 2 saturated heterocycles. The van der Waals surface area contributed by atoms with Crippen molar-refractivity contribution in [1.82, 2.24) is 9.80 Å². The molecule has 0 N–H and O–H groups in total. The van der Waals surface area contributed by atoms with Crippen molar-refractivity contribution in [1.29, 1.82) is 0 Å². The fraction of sp³-hybridized carbons (Fsp3) is 0.867. The molecule has 0 aliphatic carbocycles. The van der Waals surface area contributed by atoms with Crippen molar-refractivity contribution in [3.8, 4) is 0 Å². The summed E-state index contributed by atoms with van der Waals surface area (Å²) >= 11 is 0. The maximum atomic E-state index is 12.4. The van der Waals surface area contributed by atoms with Gasteiger partial charge >= 0.3 is 6.09 Å². The first-order valence-electron chi connectivity index (χ1n) is 7.55. The number of amides is 1. The summed E-state index contributed by atoms with van der Waals surface area (Å²) in [6.45, 7) is 10.5. The molecule has 1 unspecified atom stereocenters. The molecule has 2 rings (SSSR count). The maximum absolute atomic E-state index is 12.4. The van der Waals surface area contributed by atoms with Gasteiger partial charge in [-0.25, -0.2) is 4.79 Å². The third-order valence-electron chi connectivity index (χ3n) is 4.24. The molecule has 0 aromatic carbocycles. The molecule has 1 amide bonds. The number of piperidine rings is 1. The van der Waals surface area contributed by atoms with Crippen LogP contribution in [0.15, 0.2) is 0 Å². The molecular weight excluding hydrogens is 256 g/mol. The van der Waals surface area contributed by atoms with Gasteiger partial charge in [0.05, 0.1) is 5.54 Å². The van der Waals surface area contributed by atoms with Gasteiger partial charge in [-0.1, -0.05) is 6.92 Å². The molecule has 5 heteroatoms. The Balaban J connectivity index is 2.12. The second-order valence-electron chi connectivity index (χ2n) is 6.79. The maximum Gasteiger partial charge on any atom is 0.410 e. The van der Waals surface area contributed by atoms with Crippen molar-refractivity contribution in [2.45, 2.75) is 58.1 Å². The normalized spacial score (nSPS) is 28.2.